The molecule has 0 amide bonds. The van der Waals surface area contributed by atoms with Gasteiger partial charge in [-0.2, -0.15) is 0 Å². The summed E-state index contributed by atoms with van der Waals surface area (Å²) in [5, 5.41) is 4.77. The molecule has 0 unspecified atom stereocenters. The average molecular weight is 749 g/mol. The SMILES string of the molecule is c1ccc2cc(N(c3ccc(N(c4ccc(-c5nc6cccnc6o5)cc4)c4ccc(-c5nc6cccnc6o5)cc4)cc3)c3ccc4ccccc4c3)ccc2c1. The number of fused-ring (bicyclic) bond motifs is 4. The minimum Gasteiger partial charge on any atom is -0.418 e. The van der Waals surface area contributed by atoms with E-state index < -0.39 is 0 Å². The molecule has 0 atom stereocenters. The molecule has 4 heterocycles. The Labute approximate surface area is 332 Å². The van der Waals surface area contributed by atoms with E-state index in [0.717, 1.165) is 56.3 Å². The highest BCUT2D eigenvalue weighted by atomic mass is 16.4. The fraction of sp³-hybridized carbons (Fsp3) is 0. The number of aromatic nitrogens is 4. The van der Waals surface area contributed by atoms with Crippen molar-refractivity contribution in [2.45, 2.75) is 0 Å². The second kappa shape index (κ2) is 13.9. The van der Waals surface area contributed by atoms with E-state index in [2.05, 4.69) is 163 Å². The van der Waals surface area contributed by atoms with E-state index in [-0.39, 0.29) is 0 Å². The first-order valence-electron chi connectivity index (χ1n) is 19.0. The maximum Gasteiger partial charge on any atom is 0.247 e. The summed E-state index contributed by atoms with van der Waals surface area (Å²) in [5.41, 5.74) is 10.3. The van der Waals surface area contributed by atoms with Crippen molar-refractivity contribution in [1.29, 1.82) is 0 Å². The minimum absolute atomic E-state index is 0.513. The topological polar surface area (TPSA) is 84.3 Å². The van der Waals surface area contributed by atoms with Gasteiger partial charge in [-0.15, -0.1) is 0 Å². The molecular weight excluding hydrogens is 717 g/mol. The highest BCUT2D eigenvalue weighted by molar-refractivity contribution is 5.93. The van der Waals surface area contributed by atoms with E-state index in [9.17, 15) is 0 Å². The highest BCUT2D eigenvalue weighted by Gasteiger charge is 2.19. The molecule has 4 aromatic heterocycles. The van der Waals surface area contributed by atoms with Gasteiger partial charge < -0.3 is 18.6 Å². The molecule has 0 aliphatic heterocycles. The molecule has 11 rings (SSSR count). The maximum absolute atomic E-state index is 6.00. The molecule has 274 valence electrons. The summed E-state index contributed by atoms with van der Waals surface area (Å²) in [7, 11) is 0. The molecule has 0 spiro atoms. The Balaban J connectivity index is 0.999. The largest absolute Gasteiger partial charge is 0.418 e. The second-order valence-electron chi connectivity index (χ2n) is 14.0. The quantitative estimate of drug-likeness (QED) is 0.152. The van der Waals surface area contributed by atoms with Crippen molar-refractivity contribution in [1.82, 2.24) is 19.9 Å². The smallest absolute Gasteiger partial charge is 0.247 e. The van der Waals surface area contributed by atoms with Gasteiger partial charge in [-0.3, -0.25) is 0 Å². The summed E-state index contributed by atoms with van der Waals surface area (Å²) < 4.78 is 12.0. The monoisotopic (exact) mass is 748 g/mol. The van der Waals surface area contributed by atoms with E-state index in [1.165, 1.54) is 21.5 Å². The van der Waals surface area contributed by atoms with Crippen LogP contribution in [0.3, 0.4) is 0 Å². The fourth-order valence-electron chi connectivity index (χ4n) is 7.57. The zero-order valence-corrected chi connectivity index (χ0v) is 31.0. The number of oxazole rings is 2. The number of hydrogen-bond donors (Lipinski definition) is 0. The fourth-order valence-corrected chi connectivity index (χ4v) is 7.57. The molecule has 8 heteroatoms. The second-order valence-corrected chi connectivity index (χ2v) is 14.0. The molecule has 0 aliphatic rings. The van der Waals surface area contributed by atoms with Gasteiger partial charge in [0.15, 0.2) is 0 Å². The van der Waals surface area contributed by atoms with Gasteiger partial charge in [-0.25, -0.2) is 19.9 Å². The van der Waals surface area contributed by atoms with Crippen LogP contribution in [0.2, 0.25) is 0 Å². The lowest BCUT2D eigenvalue weighted by atomic mass is 10.1. The van der Waals surface area contributed by atoms with Crippen LogP contribution in [-0.2, 0) is 0 Å². The van der Waals surface area contributed by atoms with Crippen LogP contribution in [-0.4, -0.2) is 19.9 Å². The first-order valence-corrected chi connectivity index (χ1v) is 19.0. The van der Waals surface area contributed by atoms with E-state index >= 15 is 0 Å². The van der Waals surface area contributed by atoms with Gasteiger partial charge >= 0.3 is 0 Å². The van der Waals surface area contributed by atoms with Crippen molar-refractivity contribution in [2.75, 3.05) is 9.80 Å². The van der Waals surface area contributed by atoms with Crippen molar-refractivity contribution in [3.63, 3.8) is 0 Å². The average Bonchev–Trinajstić information content (AvgIpc) is 3.93. The van der Waals surface area contributed by atoms with Crippen LogP contribution in [0.4, 0.5) is 34.1 Å². The van der Waals surface area contributed by atoms with Crippen LogP contribution in [0.25, 0.3) is 66.9 Å². The van der Waals surface area contributed by atoms with E-state index in [4.69, 9.17) is 8.83 Å². The molecule has 0 saturated carbocycles. The molecule has 7 aromatic carbocycles. The first-order chi connectivity index (χ1) is 28.7. The first kappa shape index (κ1) is 33.3. The van der Waals surface area contributed by atoms with E-state index in [0.29, 0.717) is 23.2 Å². The Kier molecular flexibility index (Phi) is 7.96. The third-order valence-electron chi connectivity index (χ3n) is 10.4. The van der Waals surface area contributed by atoms with Crippen molar-refractivity contribution in [2.24, 2.45) is 0 Å². The highest BCUT2D eigenvalue weighted by Crippen LogP contribution is 2.41. The van der Waals surface area contributed by atoms with Gasteiger partial charge in [0.05, 0.1) is 0 Å². The Bertz CT molecular complexity index is 2980. The third-order valence-corrected chi connectivity index (χ3v) is 10.4. The van der Waals surface area contributed by atoms with Gasteiger partial charge in [0.1, 0.15) is 11.0 Å². The molecule has 0 radical (unpaired) electrons. The lowest BCUT2D eigenvalue weighted by Gasteiger charge is -2.29. The summed E-state index contributed by atoms with van der Waals surface area (Å²) in [4.78, 5) is 22.5. The molecule has 0 saturated heterocycles. The minimum atomic E-state index is 0.513. The zero-order valence-electron chi connectivity index (χ0n) is 31.0. The van der Waals surface area contributed by atoms with Crippen molar-refractivity contribution in [3.8, 4) is 22.9 Å². The zero-order chi connectivity index (χ0) is 38.4. The third kappa shape index (κ3) is 6.06. The van der Waals surface area contributed by atoms with E-state index in [1.54, 1.807) is 12.4 Å². The van der Waals surface area contributed by atoms with Crippen LogP contribution < -0.4 is 9.80 Å². The molecule has 0 aliphatic carbocycles. The summed E-state index contributed by atoms with van der Waals surface area (Å²) >= 11 is 0. The Morgan fingerprint density at radius 3 is 1.10 bits per heavy atom. The maximum atomic E-state index is 6.00. The molecule has 58 heavy (non-hydrogen) atoms. The Morgan fingerprint density at radius 2 is 0.690 bits per heavy atom. The van der Waals surface area contributed by atoms with Gasteiger partial charge in [0.2, 0.25) is 23.2 Å². The summed E-state index contributed by atoms with van der Waals surface area (Å²) in [6, 6.07) is 62.9. The van der Waals surface area contributed by atoms with Crippen molar-refractivity contribution in [3.05, 3.63) is 194 Å². The van der Waals surface area contributed by atoms with Crippen LogP contribution in [0.1, 0.15) is 0 Å². The van der Waals surface area contributed by atoms with Crippen LogP contribution >= 0.6 is 0 Å². The summed E-state index contributed by atoms with van der Waals surface area (Å²) in [6.07, 6.45) is 3.41. The normalized spacial score (nSPS) is 11.4. The Morgan fingerprint density at radius 1 is 0.328 bits per heavy atom. The van der Waals surface area contributed by atoms with E-state index in [1.807, 2.05) is 48.5 Å². The molecular formula is C50H32N6O2. The number of hydrogen-bond acceptors (Lipinski definition) is 8. The lowest BCUT2D eigenvalue weighted by molar-refractivity contribution is 0.607. The predicted octanol–water partition coefficient (Wildman–Crippen LogP) is 13.3. The van der Waals surface area contributed by atoms with Crippen molar-refractivity contribution < 1.29 is 8.83 Å². The Hall–Kier alpha value is -8.10. The van der Waals surface area contributed by atoms with Crippen molar-refractivity contribution >= 4 is 78.1 Å². The number of nitrogens with zero attached hydrogens (tertiary/aromatic N) is 6. The number of anilines is 6. The predicted molar refractivity (Wildman–Crippen MR) is 232 cm³/mol. The van der Waals surface area contributed by atoms with Crippen LogP contribution in [0.15, 0.2) is 203 Å². The molecule has 8 nitrogen and oxygen atoms in total. The van der Waals surface area contributed by atoms with Crippen LogP contribution in [0, 0.1) is 0 Å². The molecule has 0 N–H and O–H groups in total. The van der Waals surface area contributed by atoms with Gasteiger partial charge in [-0.05, 0) is 143 Å². The molecule has 11 aromatic rings. The summed E-state index contributed by atoms with van der Waals surface area (Å²) in [5.74, 6) is 1.05. The van der Waals surface area contributed by atoms with Gasteiger partial charge in [0.25, 0.3) is 0 Å². The molecule has 0 fully saturated rings. The summed E-state index contributed by atoms with van der Waals surface area (Å²) in [6.45, 7) is 0. The standard InChI is InChI=1S/C50H32N6O2/c1-3-9-37-31-43(23-13-33(37)7-1)56(44-24-14-34-8-2-4-10-38(34)32-44)42-27-25-41(26-28-42)55(39-19-15-35(16-20-39)47-53-45-11-5-29-51-49(45)57-47)40-21-17-36(18-22-40)48-54-46-12-6-30-52-50(46)58-48/h1-32H. The molecule has 0 bridgehead atoms. The van der Waals surface area contributed by atoms with Gasteiger partial charge in [0, 0.05) is 57.6 Å². The van der Waals surface area contributed by atoms with Gasteiger partial charge in [-0.1, -0.05) is 60.7 Å². The number of pyridine rings is 2. The number of rotatable bonds is 8. The lowest BCUT2D eigenvalue weighted by Crippen LogP contribution is -2.12. The van der Waals surface area contributed by atoms with Crippen LogP contribution in [0.5, 0.6) is 0 Å². The number of benzene rings is 7.